The van der Waals surface area contributed by atoms with Crippen molar-refractivity contribution in [2.75, 3.05) is 0 Å². The Balaban J connectivity index is 1.82. The third-order valence-electron chi connectivity index (χ3n) is 4.76. The highest BCUT2D eigenvalue weighted by atomic mass is 32.2. The normalized spacial score (nSPS) is 12.6. The summed E-state index contributed by atoms with van der Waals surface area (Å²) >= 11 is -0.269. The second kappa shape index (κ2) is 8.46. The predicted octanol–water partition coefficient (Wildman–Crippen LogP) is 4.69. The molecular formula is C22H16F3N3O3S. The zero-order chi connectivity index (χ0) is 22.9. The van der Waals surface area contributed by atoms with Crippen molar-refractivity contribution in [3.05, 3.63) is 101 Å². The van der Waals surface area contributed by atoms with E-state index < -0.39 is 23.1 Å². The molecule has 2 aromatic carbocycles. The minimum Gasteiger partial charge on any atom is -0.508 e. The second-order valence-electron chi connectivity index (χ2n) is 6.80. The van der Waals surface area contributed by atoms with Crippen molar-refractivity contribution in [2.24, 2.45) is 0 Å². The van der Waals surface area contributed by atoms with E-state index in [4.69, 9.17) is 0 Å². The molecule has 32 heavy (non-hydrogen) atoms. The standard InChI is InChI=1S/C22H16F3N3O3S/c23-22(24,25)32-16-7-5-15(6-8-16)28-19(30)13-27(21(28)31)20(14-9-11-26-12-10-14)17-3-1-2-4-18(17)29/h1-13,20,29-30H. The van der Waals surface area contributed by atoms with Gasteiger partial charge in [0.15, 0.2) is 0 Å². The van der Waals surface area contributed by atoms with Crippen LogP contribution >= 0.6 is 11.8 Å². The van der Waals surface area contributed by atoms with Gasteiger partial charge in [-0.25, -0.2) is 9.36 Å². The van der Waals surface area contributed by atoms with Gasteiger partial charge in [-0.2, -0.15) is 13.2 Å². The number of benzene rings is 2. The molecule has 0 aliphatic heterocycles. The molecule has 0 aliphatic rings. The van der Waals surface area contributed by atoms with Gasteiger partial charge >= 0.3 is 11.2 Å². The Morgan fingerprint density at radius 1 is 0.938 bits per heavy atom. The Bertz CT molecular complexity index is 1290. The highest BCUT2D eigenvalue weighted by Gasteiger charge is 2.29. The average Bonchev–Trinajstić information content (AvgIpc) is 3.04. The Kier molecular flexibility index (Phi) is 5.70. The first kappa shape index (κ1) is 21.6. The quantitative estimate of drug-likeness (QED) is 0.423. The van der Waals surface area contributed by atoms with Crippen molar-refractivity contribution in [2.45, 2.75) is 16.4 Å². The van der Waals surface area contributed by atoms with Crippen LogP contribution in [-0.2, 0) is 0 Å². The number of thioether (sulfide) groups is 1. The van der Waals surface area contributed by atoms with E-state index in [0.717, 1.165) is 4.57 Å². The van der Waals surface area contributed by atoms with Crippen molar-refractivity contribution >= 4 is 11.8 Å². The maximum Gasteiger partial charge on any atom is 0.446 e. The van der Waals surface area contributed by atoms with Crippen LogP contribution in [0.15, 0.2) is 88.9 Å². The molecule has 2 N–H and O–H groups in total. The lowest BCUT2D eigenvalue weighted by Crippen LogP contribution is -2.27. The largest absolute Gasteiger partial charge is 0.508 e. The molecule has 0 fully saturated rings. The van der Waals surface area contributed by atoms with Crippen LogP contribution in [0.1, 0.15) is 17.2 Å². The number of halogens is 3. The fourth-order valence-electron chi connectivity index (χ4n) is 3.43. The zero-order valence-electron chi connectivity index (χ0n) is 16.3. The molecule has 0 spiro atoms. The van der Waals surface area contributed by atoms with Gasteiger partial charge in [0.2, 0.25) is 5.88 Å². The number of aromatic nitrogens is 3. The van der Waals surface area contributed by atoms with E-state index >= 15 is 0 Å². The summed E-state index contributed by atoms with van der Waals surface area (Å²) in [5.74, 6) is -0.442. The number of alkyl halides is 3. The van der Waals surface area contributed by atoms with E-state index in [1.54, 1.807) is 42.7 Å². The Morgan fingerprint density at radius 3 is 2.22 bits per heavy atom. The summed E-state index contributed by atoms with van der Waals surface area (Å²) in [7, 11) is 0. The molecule has 1 atom stereocenters. The molecule has 2 heterocycles. The van der Waals surface area contributed by atoms with E-state index in [2.05, 4.69) is 4.98 Å². The molecule has 1 unspecified atom stereocenters. The fraction of sp³-hybridized carbons (Fsp3) is 0.0909. The Labute approximate surface area is 184 Å². The summed E-state index contributed by atoms with van der Waals surface area (Å²) < 4.78 is 40.0. The number of para-hydroxylation sites is 1. The molecular weight excluding hydrogens is 443 g/mol. The van der Waals surface area contributed by atoms with Crippen LogP contribution in [0.25, 0.3) is 5.69 Å². The summed E-state index contributed by atoms with van der Waals surface area (Å²) in [6, 6.07) is 14.2. The lowest BCUT2D eigenvalue weighted by atomic mass is 9.98. The number of nitrogens with zero attached hydrogens (tertiary/aromatic N) is 3. The molecule has 0 amide bonds. The maximum atomic E-state index is 13.3. The predicted molar refractivity (Wildman–Crippen MR) is 113 cm³/mol. The number of phenolic OH excluding ortho intramolecular Hbond substituents is 1. The molecule has 4 aromatic rings. The molecule has 2 aromatic heterocycles. The first-order valence-corrected chi connectivity index (χ1v) is 10.1. The molecule has 4 rings (SSSR count). The lowest BCUT2D eigenvalue weighted by Gasteiger charge is -2.19. The van der Waals surface area contributed by atoms with Gasteiger partial charge in [0.1, 0.15) is 5.75 Å². The molecule has 164 valence electrons. The second-order valence-corrected chi connectivity index (χ2v) is 7.93. The highest BCUT2D eigenvalue weighted by Crippen LogP contribution is 2.37. The highest BCUT2D eigenvalue weighted by molar-refractivity contribution is 8.00. The summed E-state index contributed by atoms with van der Waals surface area (Å²) in [5, 5.41) is 20.9. The lowest BCUT2D eigenvalue weighted by molar-refractivity contribution is -0.0328. The van der Waals surface area contributed by atoms with Crippen molar-refractivity contribution < 1.29 is 23.4 Å². The summed E-state index contributed by atoms with van der Waals surface area (Å²) in [5.41, 5.74) is -3.81. The van der Waals surface area contributed by atoms with Crippen LogP contribution in [0, 0.1) is 0 Å². The average molecular weight is 459 g/mol. The molecule has 0 bridgehead atoms. The van der Waals surface area contributed by atoms with Crippen LogP contribution in [0.3, 0.4) is 0 Å². The molecule has 0 radical (unpaired) electrons. The van der Waals surface area contributed by atoms with Crippen molar-refractivity contribution in [3.63, 3.8) is 0 Å². The number of pyridine rings is 1. The van der Waals surface area contributed by atoms with Gasteiger partial charge in [0.25, 0.3) is 0 Å². The van der Waals surface area contributed by atoms with Gasteiger partial charge in [-0.05, 0) is 59.8 Å². The van der Waals surface area contributed by atoms with E-state index in [1.807, 2.05) is 0 Å². The van der Waals surface area contributed by atoms with Crippen LogP contribution < -0.4 is 5.69 Å². The van der Waals surface area contributed by atoms with Gasteiger partial charge in [0.05, 0.1) is 17.9 Å². The van der Waals surface area contributed by atoms with E-state index in [9.17, 15) is 28.2 Å². The minimum absolute atomic E-state index is 0.0398. The number of hydrogen-bond acceptors (Lipinski definition) is 5. The third-order valence-corrected chi connectivity index (χ3v) is 5.49. The van der Waals surface area contributed by atoms with Gasteiger partial charge in [-0.3, -0.25) is 9.55 Å². The van der Waals surface area contributed by atoms with E-state index in [0.29, 0.717) is 11.1 Å². The zero-order valence-corrected chi connectivity index (χ0v) is 17.1. The number of aromatic hydroxyl groups is 2. The smallest absolute Gasteiger partial charge is 0.446 e. The molecule has 0 saturated heterocycles. The minimum atomic E-state index is -4.43. The monoisotopic (exact) mass is 459 g/mol. The van der Waals surface area contributed by atoms with Gasteiger partial charge in [-0.1, -0.05) is 18.2 Å². The molecule has 0 aliphatic carbocycles. The number of imidazole rings is 1. The fourth-order valence-corrected chi connectivity index (χ4v) is 3.97. The summed E-state index contributed by atoms with van der Waals surface area (Å²) in [6.45, 7) is 0. The van der Waals surface area contributed by atoms with Crippen molar-refractivity contribution in [1.29, 1.82) is 0 Å². The summed E-state index contributed by atoms with van der Waals surface area (Å²) in [4.78, 5) is 17.2. The number of hydrogen-bond donors (Lipinski definition) is 2. The topological polar surface area (TPSA) is 80.3 Å². The van der Waals surface area contributed by atoms with E-state index in [1.165, 1.54) is 41.1 Å². The first-order valence-electron chi connectivity index (χ1n) is 9.31. The van der Waals surface area contributed by atoms with Gasteiger partial charge in [-0.15, -0.1) is 0 Å². The van der Waals surface area contributed by atoms with Crippen molar-refractivity contribution in [1.82, 2.24) is 14.1 Å². The van der Waals surface area contributed by atoms with Gasteiger partial charge < -0.3 is 10.2 Å². The molecule has 0 saturated carbocycles. The summed E-state index contributed by atoms with van der Waals surface area (Å²) in [6.07, 6.45) is 4.31. The number of phenols is 1. The SMILES string of the molecule is O=c1n(C(c2ccncc2)c2ccccc2O)cc(O)n1-c1ccc(SC(F)(F)F)cc1. The Morgan fingerprint density at radius 2 is 1.59 bits per heavy atom. The third kappa shape index (κ3) is 4.35. The maximum absolute atomic E-state index is 13.3. The van der Waals surface area contributed by atoms with Crippen LogP contribution in [0.2, 0.25) is 0 Å². The van der Waals surface area contributed by atoms with Crippen molar-refractivity contribution in [3.8, 4) is 17.3 Å². The Hall–Kier alpha value is -3.66. The number of rotatable bonds is 5. The van der Waals surface area contributed by atoms with E-state index in [-0.39, 0.29) is 28.1 Å². The molecule has 10 heteroatoms. The van der Waals surface area contributed by atoms with Crippen LogP contribution in [0.4, 0.5) is 13.2 Å². The van der Waals surface area contributed by atoms with Crippen LogP contribution in [-0.4, -0.2) is 29.8 Å². The first-order chi connectivity index (χ1) is 15.2. The molecule has 6 nitrogen and oxygen atoms in total. The van der Waals surface area contributed by atoms with Gasteiger partial charge in [0, 0.05) is 22.9 Å². The van der Waals surface area contributed by atoms with Crippen LogP contribution in [0.5, 0.6) is 11.6 Å².